The Morgan fingerprint density at radius 1 is 1.39 bits per heavy atom. The molecule has 0 aliphatic carbocycles. The summed E-state index contributed by atoms with van der Waals surface area (Å²) in [7, 11) is 1.34. The summed E-state index contributed by atoms with van der Waals surface area (Å²) in [5.74, 6) is -2.21. The molecule has 18 heavy (non-hydrogen) atoms. The molecular weight excluding hydrogens is 253 g/mol. The molecular formula is C10H11F3N2O3. The van der Waals surface area contributed by atoms with Crippen molar-refractivity contribution in [1.82, 2.24) is 9.88 Å². The van der Waals surface area contributed by atoms with Crippen molar-refractivity contribution in [3.05, 3.63) is 23.5 Å². The highest BCUT2D eigenvalue weighted by molar-refractivity contribution is 5.90. The van der Waals surface area contributed by atoms with E-state index < -0.39 is 35.2 Å². The predicted octanol–water partition coefficient (Wildman–Crippen LogP) is 1.51. The van der Waals surface area contributed by atoms with Crippen molar-refractivity contribution < 1.29 is 27.9 Å². The Morgan fingerprint density at radius 2 is 1.94 bits per heavy atom. The molecule has 100 valence electrons. The molecule has 2 N–H and O–H groups in total. The zero-order valence-corrected chi connectivity index (χ0v) is 9.58. The topological polar surface area (TPSA) is 71.3 Å². The van der Waals surface area contributed by atoms with Crippen molar-refractivity contribution in [3.63, 3.8) is 0 Å². The molecule has 1 atom stereocenters. The van der Waals surface area contributed by atoms with Crippen LogP contribution in [-0.4, -0.2) is 28.6 Å². The van der Waals surface area contributed by atoms with Crippen LogP contribution in [0, 0.1) is 0 Å². The molecule has 0 saturated heterocycles. The van der Waals surface area contributed by atoms with Gasteiger partial charge in [-0.05, 0) is 6.92 Å². The highest BCUT2D eigenvalue weighted by atomic mass is 19.4. The minimum Gasteiger partial charge on any atom is -0.478 e. The van der Waals surface area contributed by atoms with E-state index in [-0.39, 0.29) is 0 Å². The van der Waals surface area contributed by atoms with Gasteiger partial charge in [0.1, 0.15) is 6.04 Å². The highest BCUT2D eigenvalue weighted by Gasteiger charge is 2.37. The fraction of sp³-hybridized carbons (Fsp3) is 0.400. The number of hydrogen-bond acceptors (Lipinski definition) is 2. The zero-order valence-electron chi connectivity index (χ0n) is 9.58. The monoisotopic (exact) mass is 264 g/mol. The van der Waals surface area contributed by atoms with Gasteiger partial charge in [0.2, 0.25) is 5.91 Å². The number of rotatable bonds is 3. The number of nitrogens with one attached hydrogen (secondary N) is 1. The number of carboxylic acid groups (broad SMARTS) is 1. The maximum absolute atomic E-state index is 12.6. The molecule has 0 radical (unpaired) electrons. The number of aromatic carboxylic acids is 1. The van der Waals surface area contributed by atoms with E-state index in [1.165, 1.54) is 14.0 Å². The maximum atomic E-state index is 12.6. The second kappa shape index (κ2) is 4.71. The third-order valence-electron chi connectivity index (χ3n) is 2.46. The first kappa shape index (κ1) is 14.1. The van der Waals surface area contributed by atoms with Crippen LogP contribution in [0.25, 0.3) is 0 Å². The van der Waals surface area contributed by atoms with Gasteiger partial charge in [-0.1, -0.05) is 0 Å². The van der Waals surface area contributed by atoms with Gasteiger partial charge in [-0.25, -0.2) is 4.79 Å². The Morgan fingerprint density at radius 3 is 2.28 bits per heavy atom. The Kier molecular flexibility index (Phi) is 3.68. The minimum absolute atomic E-state index is 0.518. The third-order valence-corrected chi connectivity index (χ3v) is 2.46. The van der Waals surface area contributed by atoms with Gasteiger partial charge in [-0.3, -0.25) is 4.79 Å². The Hall–Kier alpha value is -1.99. The summed E-state index contributed by atoms with van der Waals surface area (Å²) in [5, 5.41) is 11.0. The molecule has 0 aliphatic rings. The van der Waals surface area contributed by atoms with Crippen LogP contribution in [-0.2, 0) is 11.0 Å². The molecule has 1 aromatic rings. The van der Waals surface area contributed by atoms with Gasteiger partial charge in [0.05, 0.1) is 11.1 Å². The number of likely N-dealkylation sites (N-methyl/N-ethyl adjacent to an activating group) is 1. The lowest BCUT2D eigenvalue weighted by Gasteiger charge is -2.11. The molecule has 0 saturated carbocycles. The lowest BCUT2D eigenvalue weighted by atomic mass is 10.2. The molecule has 0 aliphatic heterocycles. The number of alkyl halides is 3. The van der Waals surface area contributed by atoms with Gasteiger partial charge >= 0.3 is 12.1 Å². The van der Waals surface area contributed by atoms with Crippen molar-refractivity contribution in [2.45, 2.75) is 19.1 Å². The Bertz CT molecular complexity index is 479. The number of carbonyl (C=O) groups is 2. The zero-order chi connectivity index (χ0) is 14.1. The van der Waals surface area contributed by atoms with Crippen LogP contribution in [0.2, 0.25) is 0 Å². The average molecular weight is 264 g/mol. The van der Waals surface area contributed by atoms with E-state index in [0.29, 0.717) is 6.20 Å². The van der Waals surface area contributed by atoms with E-state index in [1.807, 2.05) is 0 Å². The molecule has 0 bridgehead atoms. The van der Waals surface area contributed by atoms with Crippen molar-refractivity contribution >= 4 is 11.9 Å². The fourth-order valence-electron chi connectivity index (χ4n) is 1.44. The lowest BCUT2D eigenvalue weighted by molar-refractivity contribution is -0.138. The highest BCUT2D eigenvalue weighted by Crippen LogP contribution is 2.33. The first-order chi connectivity index (χ1) is 8.18. The van der Waals surface area contributed by atoms with Gasteiger partial charge in [-0.15, -0.1) is 0 Å². The van der Waals surface area contributed by atoms with Gasteiger partial charge in [0.15, 0.2) is 0 Å². The largest absolute Gasteiger partial charge is 0.478 e. The number of carboxylic acids is 1. The lowest BCUT2D eigenvalue weighted by Crippen LogP contribution is -2.27. The summed E-state index contributed by atoms with van der Waals surface area (Å²) >= 11 is 0. The first-order valence-electron chi connectivity index (χ1n) is 4.92. The fourth-order valence-corrected chi connectivity index (χ4v) is 1.44. The minimum atomic E-state index is -4.78. The quantitative estimate of drug-likeness (QED) is 0.869. The van der Waals surface area contributed by atoms with Gasteiger partial charge < -0.3 is 15.0 Å². The predicted molar refractivity (Wildman–Crippen MR) is 55.2 cm³/mol. The molecule has 1 rings (SSSR count). The van der Waals surface area contributed by atoms with Gasteiger partial charge in [0.25, 0.3) is 0 Å². The van der Waals surface area contributed by atoms with Gasteiger partial charge in [0, 0.05) is 19.4 Å². The second-order valence-electron chi connectivity index (χ2n) is 3.63. The molecule has 0 aromatic carbocycles. The number of halogens is 3. The summed E-state index contributed by atoms with van der Waals surface area (Å²) in [5.41, 5.74) is -2.15. The second-order valence-corrected chi connectivity index (χ2v) is 3.63. The summed E-state index contributed by atoms with van der Waals surface area (Å²) in [6, 6.07) is -0.927. The van der Waals surface area contributed by atoms with E-state index in [1.54, 1.807) is 0 Å². The smallest absolute Gasteiger partial charge is 0.418 e. The Labute approximate surface area is 100 Å². The Balaban J connectivity index is 3.27. The van der Waals surface area contributed by atoms with E-state index in [4.69, 9.17) is 5.11 Å². The van der Waals surface area contributed by atoms with E-state index in [0.717, 1.165) is 10.8 Å². The standard InChI is InChI=1S/C10H11F3N2O3/c1-5(8(16)14-2)15-3-6(9(17)18)7(4-15)10(11,12)13/h3-5H,1-2H3,(H,14,16)(H,17,18). The molecule has 8 heteroatoms. The van der Waals surface area contributed by atoms with Crippen LogP contribution >= 0.6 is 0 Å². The summed E-state index contributed by atoms with van der Waals surface area (Å²) in [6.07, 6.45) is -3.37. The molecule has 0 fully saturated rings. The van der Waals surface area contributed by atoms with E-state index >= 15 is 0 Å². The SMILES string of the molecule is CNC(=O)C(C)n1cc(C(=O)O)c(C(F)(F)F)c1. The van der Waals surface area contributed by atoms with E-state index in [9.17, 15) is 22.8 Å². The normalized spacial score (nSPS) is 13.2. The molecule has 5 nitrogen and oxygen atoms in total. The van der Waals surface area contributed by atoms with Gasteiger partial charge in [-0.2, -0.15) is 13.2 Å². The summed E-state index contributed by atoms with van der Waals surface area (Å²) in [4.78, 5) is 22.0. The maximum Gasteiger partial charge on any atom is 0.418 e. The number of aromatic nitrogens is 1. The summed E-state index contributed by atoms with van der Waals surface area (Å²) in [6.45, 7) is 1.37. The summed E-state index contributed by atoms with van der Waals surface area (Å²) < 4.78 is 38.7. The average Bonchev–Trinajstić information content (AvgIpc) is 2.71. The van der Waals surface area contributed by atoms with Crippen molar-refractivity contribution in [3.8, 4) is 0 Å². The molecule has 1 heterocycles. The molecule has 1 unspecified atom stereocenters. The number of nitrogens with zero attached hydrogens (tertiary/aromatic N) is 1. The molecule has 1 amide bonds. The van der Waals surface area contributed by atoms with Crippen molar-refractivity contribution in [2.75, 3.05) is 7.05 Å². The van der Waals surface area contributed by atoms with Crippen LogP contribution < -0.4 is 5.32 Å². The van der Waals surface area contributed by atoms with Crippen LogP contribution in [0.1, 0.15) is 28.9 Å². The number of hydrogen-bond donors (Lipinski definition) is 2. The van der Waals surface area contributed by atoms with Crippen LogP contribution in [0.5, 0.6) is 0 Å². The van der Waals surface area contributed by atoms with Crippen LogP contribution in [0.4, 0.5) is 13.2 Å². The van der Waals surface area contributed by atoms with Crippen LogP contribution in [0.3, 0.4) is 0 Å². The van der Waals surface area contributed by atoms with Crippen LogP contribution in [0.15, 0.2) is 12.4 Å². The van der Waals surface area contributed by atoms with Crippen molar-refractivity contribution in [2.24, 2.45) is 0 Å². The number of carbonyl (C=O) groups excluding carboxylic acids is 1. The number of amides is 1. The molecule has 1 aromatic heterocycles. The molecule has 0 spiro atoms. The van der Waals surface area contributed by atoms with E-state index in [2.05, 4.69) is 5.32 Å². The van der Waals surface area contributed by atoms with Crippen molar-refractivity contribution in [1.29, 1.82) is 0 Å². The first-order valence-corrected chi connectivity index (χ1v) is 4.92. The third kappa shape index (κ3) is 2.63.